The van der Waals surface area contributed by atoms with E-state index in [4.69, 9.17) is 4.42 Å². The average molecular weight is 241 g/mol. The minimum absolute atomic E-state index is 0.185. The summed E-state index contributed by atoms with van der Waals surface area (Å²) in [6.07, 6.45) is -2.88. The van der Waals surface area contributed by atoms with Gasteiger partial charge in [0.05, 0.1) is 11.8 Å². The number of nitrogens with zero attached hydrogens (tertiary/aromatic N) is 1. The average Bonchev–Trinajstić information content (AvgIpc) is 2.64. The number of alkyl halides is 3. The Kier molecular flexibility index (Phi) is 2.69. The maximum Gasteiger partial charge on any atom is 0.416 e. The van der Waals surface area contributed by atoms with Gasteiger partial charge in [0, 0.05) is 5.56 Å². The van der Waals surface area contributed by atoms with Crippen LogP contribution in [0, 0.1) is 13.8 Å². The van der Waals surface area contributed by atoms with E-state index >= 15 is 0 Å². The van der Waals surface area contributed by atoms with E-state index in [2.05, 4.69) is 4.98 Å². The SMILES string of the molecule is Cc1cnc(-c2ccc(C)c(C(F)(F)F)c2)o1. The monoisotopic (exact) mass is 241 g/mol. The van der Waals surface area contributed by atoms with Gasteiger partial charge < -0.3 is 4.42 Å². The second-order valence-electron chi connectivity index (χ2n) is 3.80. The van der Waals surface area contributed by atoms with Gasteiger partial charge in [-0.1, -0.05) is 6.07 Å². The van der Waals surface area contributed by atoms with Crippen LogP contribution < -0.4 is 0 Å². The predicted octanol–water partition coefficient (Wildman–Crippen LogP) is 3.98. The summed E-state index contributed by atoms with van der Waals surface area (Å²) < 4.78 is 43.3. The molecule has 0 amide bonds. The number of hydrogen-bond acceptors (Lipinski definition) is 2. The third kappa shape index (κ3) is 2.33. The summed E-state index contributed by atoms with van der Waals surface area (Å²) in [4.78, 5) is 3.90. The van der Waals surface area contributed by atoms with Gasteiger partial charge in [-0.05, 0) is 31.5 Å². The Labute approximate surface area is 96.1 Å². The third-order valence-corrected chi connectivity index (χ3v) is 2.41. The van der Waals surface area contributed by atoms with Gasteiger partial charge in [-0.3, -0.25) is 0 Å². The fraction of sp³-hybridized carbons (Fsp3) is 0.250. The van der Waals surface area contributed by atoms with Crippen LogP contribution in [0.15, 0.2) is 28.8 Å². The molecule has 0 aliphatic rings. The standard InChI is InChI=1S/C12H10F3NO/c1-7-3-4-9(5-10(7)12(13,14)15)11-16-6-8(2)17-11/h3-6H,1-2H3. The van der Waals surface area contributed by atoms with Gasteiger partial charge in [0.2, 0.25) is 5.89 Å². The molecule has 0 radical (unpaired) electrons. The van der Waals surface area contributed by atoms with Crippen molar-refractivity contribution in [3.8, 4) is 11.5 Å². The lowest BCUT2D eigenvalue weighted by molar-refractivity contribution is -0.138. The van der Waals surface area contributed by atoms with Crippen molar-refractivity contribution in [2.45, 2.75) is 20.0 Å². The summed E-state index contributed by atoms with van der Waals surface area (Å²) >= 11 is 0. The van der Waals surface area contributed by atoms with Gasteiger partial charge in [0.1, 0.15) is 5.76 Å². The van der Waals surface area contributed by atoms with Crippen LogP contribution in [0.3, 0.4) is 0 Å². The zero-order chi connectivity index (χ0) is 12.6. The van der Waals surface area contributed by atoms with Crippen LogP contribution in [0.1, 0.15) is 16.9 Å². The van der Waals surface area contributed by atoms with Gasteiger partial charge in [-0.15, -0.1) is 0 Å². The highest BCUT2D eigenvalue weighted by Crippen LogP contribution is 2.34. The van der Waals surface area contributed by atoms with Crippen LogP contribution in [0.2, 0.25) is 0 Å². The number of oxazole rings is 1. The fourth-order valence-electron chi connectivity index (χ4n) is 1.55. The van der Waals surface area contributed by atoms with Crippen molar-refractivity contribution >= 4 is 0 Å². The van der Waals surface area contributed by atoms with Crippen molar-refractivity contribution in [2.24, 2.45) is 0 Å². The maximum absolute atomic E-state index is 12.7. The Hall–Kier alpha value is -1.78. The van der Waals surface area contributed by atoms with Crippen LogP contribution >= 0.6 is 0 Å². The highest BCUT2D eigenvalue weighted by atomic mass is 19.4. The van der Waals surface area contributed by atoms with E-state index < -0.39 is 11.7 Å². The summed E-state index contributed by atoms with van der Waals surface area (Å²) in [7, 11) is 0. The van der Waals surface area contributed by atoms with Gasteiger partial charge >= 0.3 is 6.18 Å². The van der Waals surface area contributed by atoms with E-state index in [9.17, 15) is 13.2 Å². The van der Waals surface area contributed by atoms with Crippen molar-refractivity contribution in [2.75, 3.05) is 0 Å². The molecule has 0 bridgehead atoms. The van der Waals surface area contributed by atoms with Gasteiger partial charge in [0.25, 0.3) is 0 Å². The number of halogens is 3. The number of aryl methyl sites for hydroxylation is 2. The number of aromatic nitrogens is 1. The highest BCUT2D eigenvalue weighted by molar-refractivity contribution is 5.56. The second kappa shape index (κ2) is 3.91. The third-order valence-electron chi connectivity index (χ3n) is 2.41. The lowest BCUT2D eigenvalue weighted by atomic mass is 10.0. The Morgan fingerprint density at radius 3 is 2.41 bits per heavy atom. The molecule has 2 rings (SSSR count). The molecule has 0 fully saturated rings. The molecule has 2 nitrogen and oxygen atoms in total. The molecule has 0 saturated heterocycles. The normalized spacial score (nSPS) is 11.8. The van der Waals surface area contributed by atoms with E-state index in [-0.39, 0.29) is 11.5 Å². The van der Waals surface area contributed by atoms with Crippen LogP contribution in [0.5, 0.6) is 0 Å². The first-order valence-corrected chi connectivity index (χ1v) is 4.98. The molecule has 90 valence electrons. The molecule has 0 atom stereocenters. The van der Waals surface area contributed by atoms with Gasteiger partial charge in [0.15, 0.2) is 0 Å². The lowest BCUT2D eigenvalue weighted by Crippen LogP contribution is -2.07. The largest absolute Gasteiger partial charge is 0.441 e. The number of rotatable bonds is 1. The van der Waals surface area contributed by atoms with E-state index in [0.717, 1.165) is 6.07 Å². The Morgan fingerprint density at radius 1 is 1.18 bits per heavy atom. The van der Waals surface area contributed by atoms with Gasteiger partial charge in [-0.25, -0.2) is 4.98 Å². The molecule has 2 aromatic rings. The maximum atomic E-state index is 12.7. The van der Waals surface area contributed by atoms with Crippen molar-refractivity contribution < 1.29 is 17.6 Å². The molecule has 1 aromatic heterocycles. The summed E-state index contributed by atoms with van der Waals surface area (Å²) in [5.74, 6) is 0.766. The van der Waals surface area contributed by atoms with Crippen LogP contribution in [-0.4, -0.2) is 4.98 Å². The smallest absolute Gasteiger partial charge is 0.416 e. The first-order chi connectivity index (χ1) is 7.88. The zero-order valence-corrected chi connectivity index (χ0v) is 9.30. The Balaban J connectivity index is 2.51. The Morgan fingerprint density at radius 2 is 1.88 bits per heavy atom. The molecule has 0 saturated carbocycles. The first-order valence-electron chi connectivity index (χ1n) is 4.98. The molecule has 5 heteroatoms. The van der Waals surface area contributed by atoms with Crippen LogP contribution in [-0.2, 0) is 6.18 Å². The molecule has 1 heterocycles. The summed E-state index contributed by atoms with van der Waals surface area (Å²) in [6.45, 7) is 3.11. The molecule has 0 spiro atoms. The van der Waals surface area contributed by atoms with Gasteiger partial charge in [-0.2, -0.15) is 13.2 Å². The molecule has 0 aliphatic carbocycles. The van der Waals surface area contributed by atoms with Crippen molar-refractivity contribution in [3.63, 3.8) is 0 Å². The van der Waals surface area contributed by atoms with E-state index in [0.29, 0.717) is 11.3 Å². The molecule has 0 unspecified atom stereocenters. The van der Waals surface area contributed by atoms with E-state index in [1.807, 2.05) is 0 Å². The van der Waals surface area contributed by atoms with E-state index in [1.165, 1.54) is 19.2 Å². The second-order valence-corrected chi connectivity index (χ2v) is 3.80. The summed E-state index contributed by atoms with van der Waals surface area (Å²) in [6, 6.07) is 4.04. The molecule has 0 aliphatic heterocycles. The van der Waals surface area contributed by atoms with Crippen molar-refractivity contribution in [1.82, 2.24) is 4.98 Å². The molecular weight excluding hydrogens is 231 g/mol. The van der Waals surface area contributed by atoms with Crippen LogP contribution in [0.25, 0.3) is 11.5 Å². The van der Waals surface area contributed by atoms with E-state index in [1.54, 1.807) is 13.0 Å². The lowest BCUT2D eigenvalue weighted by Gasteiger charge is -2.10. The Bertz CT molecular complexity index is 543. The van der Waals surface area contributed by atoms with Crippen molar-refractivity contribution in [3.05, 3.63) is 41.3 Å². The molecule has 1 aromatic carbocycles. The zero-order valence-electron chi connectivity index (χ0n) is 9.30. The first kappa shape index (κ1) is 11.7. The predicted molar refractivity (Wildman–Crippen MR) is 56.4 cm³/mol. The molecule has 0 N–H and O–H groups in total. The quantitative estimate of drug-likeness (QED) is 0.754. The van der Waals surface area contributed by atoms with Crippen LogP contribution in [0.4, 0.5) is 13.2 Å². The molecular formula is C12H10F3NO. The minimum Gasteiger partial charge on any atom is -0.441 e. The number of benzene rings is 1. The topological polar surface area (TPSA) is 26.0 Å². The minimum atomic E-state index is -4.36. The summed E-state index contributed by atoms with van der Waals surface area (Å²) in [5, 5.41) is 0. The fourth-order valence-corrected chi connectivity index (χ4v) is 1.55. The van der Waals surface area contributed by atoms with Crippen molar-refractivity contribution in [1.29, 1.82) is 0 Å². The summed E-state index contributed by atoms with van der Waals surface area (Å²) in [5.41, 5.74) is -0.147. The number of hydrogen-bond donors (Lipinski definition) is 0. The molecule has 17 heavy (non-hydrogen) atoms. The highest BCUT2D eigenvalue weighted by Gasteiger charge is 2.32.